The molecular formula is C30H20S4. The van der Waals surface area contributed by atoms with E-state index >= 15 is 0 Å². The van der Waals surface area contributed by atoms with Gasteiger partial charge in [-0.05, 0) is 46.5 Å². The minimum atomic E-state index is 1.22. The van der Waals surface area contributed by atoms with E-state index in [-0.39, 0.29) is 0 Å². The number of rotatable bonds is 4. The lowest BCUT2D eigenvalue weighted by molar-refractivity contribution is 1.26. The maximum Gasteiger partial charge on any atom is 0.0706 e. The molecule has 0 unspecified atom stereocenters. The number of thioether (sulfide) groups is 4. The maximum absolute atomic E-state index is 2.31. The summed E-state index contributed by atoms with van der Waals surface area (Å²) in [6.45, 7) is 0. The molecule has 2 heterocycles. The molecule has 0 saturated carbocycles. The van der Waals surface area contributed by atoms with Gasteiger partial charge in [0.15, 0.2) is 0 Å². The highest BCUT2D eigenvalue weighted by atomic mass is 32.2. The van der Waals surface area contributed by atoms with Gasteiger partial charge in [-0.2, -0.15) is 0 Å². The largest absolute Gasteiger partial charge is 0.0798 e. The molecule has 4 aromatic carbocycles. The lowest BCUT2D eigenvalue weighted by Gasteiger charge is -1.99. The van der Waals surface area contributed by atoms with Crippen LogP contribution in [-0.2, 0) is 0 Å². The first-order chi connectivity index (χ1) is 16.8. The second-order valence-corrected chi connectivity index (χ2v) is 12.6. The molecule has 0 amide bonds. The number of fused-ring (bicyclic) bond motifs is 2. The van der Waals surface area contributed by atoms with E-state index in [0.29, 0.717) is 0 Å². The Balaban J connectivity index is 1.18. The van der Waals surface area contributed by atoms with Gasteiger partial charge in [0.25, 0.3) is 0 Å². The quantitative estimate of drug-likeness (QED) is 0.251. The highest BCUT2D eigenvalue weighted by Crippen LogP contribution is 2.61. The van der Waals surface area contributed by atoms with Gasteiger partial charge in [-0.25, -0.2) is 0 Å². The van der Waals surface area contributed by atoms with Crippen molar-refractivity contribution in [3.63, 3.8) is 0 Å². The zero-order valence-corrected chi connectivity index (χ0v) is 21.4. The molecule has 0 fully saturated rings. The predicted molar refractivity (Wildman–Crippen MR) is 154 cm³/mol. The highest BCUT2D eigenvalue weighted by Gasteiger charge is 2.27. The van der Waals surface area contributed by atoms with Crippen molar-refractivity contribution in [1.29, 1.82) is 0 Å². The van der Waals surface area contributed by atoms with Gasteiger partial charge >= 0.3 is 0 Å². The third-order valence-corrected chi connectivity index (χ3v) is 11.0. The molecule has 0 aromatic heterocycles. The second-order valence-electron chi connectivity index (χ2n) is 7.88. The molecule has 2 aliphatic rings. The molecule has 6 rings (SSSR count). The maximum atomic E-state index is 2.31. The molecule has 0 saturated heterocycles. The van der Waals surface area contributed by atoms with E-state index < -0.39 is 0 Å². The minimum Gasteiger partial charge on any atom is -0.0798 e. The van der Waals surface area contributed by atoms with Crippen LogP contribution in [0.4, 0.5) is 0 Å². The van der Waals surface area contributed by atoms with Crippen molar-refractivity contribution in [1.82, 2.24) is 0 Å². The predicted octanol–water partition coefficient (Wildman–Crippen LogP) is 10.2. The molecule has 4 heteroatoms. The average molecular weight is 509 g/mol. The summed E-state index contributed by atoms with van der Waals surface area (Å²) in [5.74, 6) is 0. The van der Waals surface area contributed by atoms with Crippen LogP contribution in [0.15, 0.2) is 125 Å². The molecule has 2 aliphatic heterocycles. The SMILES string of the molecule is C(=C\c1ccc2c(c1)S/C(=C1\Sc3ccc(/C=C/c4ccccc4)cc3S1)S2)/c1ccccc1. The average Bonchev–Trinajstić information content (AvgIpc) is 3.51. The van der Waals surface area contributed by atoms with Crippen LogP contribution in [-0.4, -0.2) is 0 Å². The first kappa shape index (κ1) is 22.0. The van der Waals surface area contributed by atoms with Crippen molar-refractivity contribution >= 4 is 71.4 Å². The molecule has 0 N–H and O–H groups in total. The Hall–Kier alpha value is -2.50. The fourth-order valence-corrected chi connectivity index (χ4v) is 9.07. The van der Waals surface area contributed by atoms with Gasteiger partial charge in [0.1, 0.15) is 0 Å². The fourth-order valence-electron chi connectivity index (χ4n) is 3.71. The van der Waals surface area contributed by atoms with Crippen molar-refractivity contribution < 1.29 is 0 Å². The normalized spacial score (nSPS) is 16.9. The van der Waals surface area contributed by atoms with Crippen LogP contribution in [0.5, 0.6) is 0 Å². The first-order valence-corrected chi connectivity index (χ1v) is 14.3. The summed E-state index contributed by atoms with van der Waals surface area (Å²) < 4.78 is 2.79. The van der Waals surface area contributed by atoms with E-state index in [4.69, 9.17) is 0 Å². The molecule has 0 nitrogen and oxygen atoms in total. The van der Waals surface area contributed by atoms with Crippen LogP contribution < -0.4 is 0 Å². The van der Waals surface area contributed by atoms with Crippen molar-refractivity contribution in [2.75, 3.05) is 0 Å². The smallest absolute Gasteiger partial charge is 0.0706 e. The monoisotopic (exact) mass is 508 g/mol. The van der Waals surface area contributed by atoms with Crippen LogP contribution in [0.3, 0.4) is 0 Å². The third kappa shape index (κ3) is 4.96. The molecule has 34 heavy (non-hydrogen) atoms. The Bertz CT molecular complexity index is 1320. The van der Waals surface area contributed by atoms with Crippen LogP contribution in [0.1, 0.15) is 22.3 Å². The van der Waals surface area contributed by atoms with Crippen molar-refractivity contribution in [2.45, 2.75) is 19.6 Å². The Morgan fingerprint density at radius 1 is 0.353 bits per heavy atom. The van der Waals surface area contributed by atoms with E-state index in [1.54, 1.807) is 0 Å². The summed E-state index contributed by atoms with van der Waals surface area (Å²) in [5, 5.41) is 0. The van der Waals surface area contributed by atoms with Gasteiger partial charge in [0.05, 0.1) is 8.47 Å². The molecule has 0 radical (unpaired) electrons. The second kappa shape index (κ2) is 10.0. The molecule has 0 atom stereocenters. The van der Waals surface area contributed by atoms with Gasteiger partial charge in [0, 0.05) is 19.6 Å². The Morgan fingerprint density at radius 2 is 0.735 bits per heavy atom. The van der Waals surface area contributed by atoms with E-state index in [1.807, 2.05) is 47.0 Å². The van der Waals surface area contributed by atoms with E-state index in [9.17, 15) is 0 Å². The molecular weight excluding hydrogens is 489 g/mol. The number of benzene rings is 4. The van der Waals surface area contributed by atoms with Crippen molar-refractivity contribution in [3.05, 3.63) is 128 Å². The summed E-state index contributed by atoms with van der Waals surface area (Å²) in [7, 11) is 0. The van der Waals surface area contributed by atoms with Crippen LogP contribution >= 0.6 is 47.0 Å². The van der Waals surface area contributed by atoms with E-state index in [2.05, 4.69) is 121 Å². The summed E-state index contributed by atoms with van der Waals surface area (Å²) in [6, 6.07) is 34.5. The highest BCUT2D eigenvalue weighted by molar-refractivity contribution is 8.30. The molecule has 0 bridgehead atoms. The molecule has 0 aliphatic carbocycles. The van der Waals surface area contributed by atoms with Gasteiger partial charge < -0.3 is 0 Å². The van der Waals surface area contributed by atoms with Gasteiger partial charge in [-0.15, -0.1) is 0 Å². The molecule has 4 aromatic rings. The Morgan fingerprint density at radius 3 is 1.18 bits per heavy atom. The standard InChI is InChI=1S/C30H20S4/c1-3-7-21(8-4-1)11-13-23-15-17-25-27(19-23)33-29(31-25)30-32-26-18-16-24(20-28(26)34-30)14-12-22-9-5-2-6-10-22/h1-20H/b13-11+,14-12+,30-29+. The van der Waals surface area contributed by atoms with Crippen molar-refractivity contribution in [3.8, 4) is 0 Å². The molecule has 0 spiro atoms. The van der Waals surface area contributed by atoms with Gasteiger partial charge in [-0.3, -0.25) is 0 Å². The number of hydrogen-bond acceptors (Lipinski definition) is 4. The van der Waals surface area contributed by atoms with Crippen LogP contribution in [0.25, 0.3) is 24.3 Å². The zero-order valence-electron chi connectivity index (χ0n) is 18.2. The van der Waals surface area contributed by atoms with E-state index in [0.717, 1.165) is 0 Å². The Kier molecular flexibility index (Phi) is 6.47. The fraction of sp³-hybridized carbons (Fsp3) is 0. The zero-order chi connectivity index (χ0) is 22.7. The van der Waals surface area contributed by atoms with Crippen LogP contribution in [0.2, 0.25) is 0 Å². The summed E-state index contributed by atoms with van der Waals surface area (Å²) in [5.41, 5.74) is 4.93. The first-order valence-electron chi connectivity index (χ1n) is 11.0. The molecule has 164 valence electrons. The lowest BCUT2D eigenvalue weighted by atomic mass is 10.1. The summed E-state index contributed by atoms with van der Waals surface area (Å²) in [6.07, 6.45) is 8.75. The summed E-state index contributed by atoms with van der Waals surface area (Å²) in [4.78, 5) is 5.42. The van der Waals surface area contributed by atoms with Crippen LogP contribution in [0, 0.1) is 0 Å². The Labute approximate surface area is 217 Å². The lowest BCUT2D eigenvalue weighted by Crippen LogP contribution is -1.75. The topological polar surface area (TPSA) is 0 Å². The van der Waals surface area contributed by atoms with Gasteiger partial charge in [-0.1, -0.05) is 144 Å². The summed E-state index contributed by atoms with van der Waals surface area (Å²) >= 11 is 7.61. The third-order valence-electron chi connectivity index (χ3n) is 5.45. The van der Waals surface area contributed by atoms with E-state index in [1.165, 1.54) is 50.3 Å². The van der Waals surface area contributed by atoms with Crippen molar-refractivity contribution in [2.24, 2.45) is 0 Å². The minimum absolute atomic E-state index is 1.22. The number of hydrogen-bond donors (Lipinski definition) is 0. The van der Waals surface area contributed by atoms with Gasteiger partial charge in [0.2, 0.25) is 0 Å².